The zero-order chi connectivity index (χ0) is 18.4. The quantitative estimate of drug-likeness (QED) is 0.657. The van der Waals surface area contributed by atoms with Crippen molar-refractivity contribution in [3.8, 4) is 23.3 Å². The Hall–Kier alpha value is -3.30. The summed E-state index contributed by atoms with van der Waals surface area (Å²) in [6.45, 7) is 1.13. The van der Waals surface area contributed by atoms with Crippen molar-refractivity contribution in [2.45, 2.75) is 6.61 Å². The number of hydrogen-bond donors (Lipinski definition) is 1. The molecule has 0 amide bonds. The van der Waals surface area contributed by atoms with Crippen LogP contribution < -0.4 is 9.47 Å². The van der Waals surface area contributed by atoms with Gasteiger partial charge in [-0.3, -0.25) is 4.98 Å². The van der Waals surface area contributed by atoms with Crippen LogP contribution in [0.1, 0.15) is 11.1 Å². The third-order valence-corrected chi connectivity index (χ3v) is 3.81. The first kappa shape index (κ1) is 17.5. The van der Waals surface area contributed by atoms with Gasteiger partial charge in [0.05, 0.1) is 12.1 Å². The van der Waals surface area contributed by atoms with E-state index in [0.29, 0.717) is 42.2 Å². The normalized spacial score (nSPS) is 10.5. The van der Waals surface area contributed by atoms with Gasteiger partial charge in [-0.2, -0.15) is 5.26 Å². The van der Waals surface area contributed by atoms with Gasteiger partial charge in [-0.25, -0.2) is 0 Å². The number of ether oxygens (including phenoxy) is 3. The molecule has 0 saturated heterocycles. The Kier molecular flexibility index (Phi) is 5.52. The summed E-state index contributed by atoms with van der Waals surface area (Å²) in [5.41, 5.74) is 1.63. The third-order valence-electron chi connectivity index (χ3n) is 3.81. The first-order valence-electron chi connectivity index (χ1n) is 8.07. The Bertz CT molecular complexity index is 936. The van der Waals surface area contributed by atoms with Crippen LogP contribution in [0.3, 0.4) is 0 Å². The van der Waals surface area contributed by atoms with Crippen molar-refractivity contribution in [1.82, 2.24) is 4.98 Å². The monoisotopic (exact) mass is 350 g/mol. The van der Waals surface area contributed by atoms with Gasteiger partial charge in [-0.15, -0.1) is 0 Å². The van der Waals surface area contributed by atoms with Gasteiger partial charge in [0.25, 0.3) is 0 Å². The summed E-state index contributed by atoms with van der Waals surface area (Å²) in [5, 5.41) is 19.8. The first-order valence-corrected chi connectivity index (χ1v) is 8.07. The van der Waals surface area contributed by atoms with Crippen molar-refractivity contribution in [3.63, 3.8) is 0 Å². The Morgan fingerprint density at radius 3 is 2.58 bits per heavy atom. The van der Waals surface area contributed by atoms with E-state index in [4.69, 9.17) is 19.5 Å². The summed E-state index contributed by atoms with van der Waals surface area (Å²) in [6.07, 6.45) is 1.33. The zero-order valence-corrected chi connectivity index (χ0v) is 14.3. The molecule has 0 bridgehead atoms. The molecule has 0 fully saturated rings. The summed E-state index contributed by atoms with van der Waals surface area (Å²) in [4.78, 5) is 4.21. The summed E-state index contributed by atoms with van der Waals surface area (Å²) >= 11 is 0. The maximum absolute atomic E-state index is 10.3. The highest BCUT2D eigenvalue weighted by atomic mass is 16.5. The molecule has 0 saturated carbocycles. The van der Waals surface area contributed by atoms with Gasteiger partial charge in [-0.05, 0) is 11.6 Å². The highest BCUT2D eigenvalue weighted by molar-refractivity contribution is 5.89. The number of aromatic nitrogens is 1. The van der Waals surface area contributed by atoms with E-state index in [1.165, 1.54) is 6.20 Å². The van der Waals surface area contributed by atoms with E-state index >= 15 is 0 Å². The summed E-state index contributed by atoms with van der Waals surface area (Å²) in [5.74, 6) is 0.845. The molecule has 1 heterocycles. The minimum Gasteiger partial charge on any atom is -0.506 e. The molecule has 0 aliphatic carbocycles. The maximum Gasteiger partial charge on any atom is 0.163 e. The second kappa shape index (κ2) is 8.19. The van der Waals surface area contributed by atoms with E-state index in [-0.39, 0.29) is 11.3 Å². The number of fused-ring (bicyclic) bond motifs is 1. The largest absolute Gasteiger partial charge is 0.506 e. The number of nitriles is 1. The Balaban J connectivity index is 1.96. The molecule has 0 atom stereocenters. The summed E-state index contributed by atoms with van der Waals surface area (Å²) in [7, 11) is 1.60. The highest BCUT2D eigenvalue weighted by Gasteiger charge is 2.14. The SMILES string of the molecule is COCCOc1cc2ncc(C#N)c(O)c2cc1OCc1ccccc1. The lowest BCUT2D eigenvalue weighted by atomic mass is 10.1. The van der Waals surface area contributed by atoms with Crippen molar-refractivity contribution in [3.05, 3.63) is 59.8 Å². The molecule has 0 aliphatic rings. The molecule has 132 valence electrons. The molecule has 0 spiro atoms. The van der Waals surface area contributed by atoms with Crippen LogP contribution >= 0.6 is 0 Å². The molecule has 1 N–H and O–H groups in total. The number of benzene rings is 2. The van der Waals surface area contributed by atoms with Crippen molar-refractivity contribution >= 4 is 10.9 Å². The summed E-state index contributed by atoms with van der Waals surface area (Å²) in [6, 6.07) is 15.0. The highest BCUT2D eigenvalue weighted by Crippen LogP contribution is 2.37. The Morgan fingerprint density at radius 2 is 1.85 bits per heavy atom. The van der Waals surface area contributed by atoms with Crippen LogP contribution in [-0.2, 0) is 11.3 Å². The van der Waals surface area contributed by atoms with Gasteiger partial charge in [0.15, 0.2) is 11.5 Å². The number of methoxy groups -OCH3 is 1. The predicted octanol–water partition coefficient (Wildman–Crippen LogP) is 3.42. The van der Waals surface area contributed by atoms with Crippen molar-refractivity contribution in [1.29, 1.82) is 5.26 Å². The average Bonchev–Trinajstić information content (AvgIpc) is 2.68. The van der Waals surface area contributed by atoms with Crippen molar-refractivity contribution in [2.24, 2.45) is 0 Å². The van der Waals surface area contributed by atoms with Crippen LogP contribution in [0.25, 0.3) is 10.9 Å². The molecule has 6 nitrogen and oxygen atoms in total. The second-order valence-electron chi connectivity index (χ2n) is 5.56. The van der Waals surface area contributed by atoms with Gasteiger partial charge in [0, 0.05) is 24.8 Å². The molecule has 3 aromatic rings. The Labute approximate surface area is 151 Å². The lowest BCUT2D eigenvalue weighted by molar-refractivity contribution is 0.143. The number of pyridine rings is 1. The molecule has 2 aromatic carbocycles. The first-order chi connectivity index (χ1) is 12.7. The molecule has 0 unspecified atom stereocenters. The lowest BCUT2D eigenvalue weighted by Crippen LogP contribution is -2.06. The minimum absolute atomic E-state index is 0.111. The predicted molar refractivity (Wildman–Crippen MR) is 96.3 cm³/mol. The summed E-state index contributed by atoms with van der Waals surface area (Å²) < 4.78 is 16.6. The molecule has 1 aromatic heterocycles. The fourth-order valence-electron chi connectivity index (χ4n) is 2.46. The molecular weight excluding hydrogens is 332 g/mol. The van der Waals surface area contributed by atoms with Crippen LogP contribution in [0.5, 0.6) is 17.2 Å². The smallest absolute Gasteiger partial charge is 0.163 e. The third kappa shape index (κ3) is 3.85. The van der Waals surface area contributed by atoms with E-state index in [9.17, 15) is 5.11 Å². The van der Waals surface area contributed by atoms with E-state index in [1.807, 2.05) is 36.4 Å². The van der Waals surface area contributed by atoms with Gasteiger partial charge < -0.3 is 19.3 Å². The van der Waals surface area contributed by atoms with Gasteiger partial charge in [0.2, 0.25) is 0 Å². The van der Waals surface area contributed by atoms with E-state index in [2.05, 4.69) is 4.98 Å². The minimum atomic E-state index is -0.120. The van der Waals surface area contributed by atoms with Crippen LogP contribution in [0.4, 0.5) is 0 Å². The molecule has 0 radical (unpaired) electrons. The van der Waals surface area contributed by atoms with Gasteiger partial charge >= 0.3 is 0 Å². The maximum atomic E-state index is 10.3. The molecule has 6 heteroatoms. The second-order valence-corrected chi connectivity index (χ2v) is 5.56. The fraction of sp³-hybridized carbons (Fsp3) is 0.200. The van der Waals surface area contributed by atoms with Crippen molar-refractivity contribution in [2.75, 3.05) is 20.3 Å². The number of hydrogen-bond acceptors (Lipinski definition) is 6. The average molecular weight is 350 g/mol. The zero-order valence-electron chi connectivity index (χ0n) is 14.3. The van der Waals surface area contributed by atoms with Gasteiger partial charge in [0.1, 0.15) is 30.6 Å². The number of nitrogens with zero attached hydrogens (tertiary/aromatic N) is 2. The van der Waals surface area contributed by atoms with Gasteiger partial charge in [-0.1, -0.05) is 30.3 Å². The molecular formula is C20H18N2O4. The van der Waals surface area contributed by atoms with E-state index in [0.717, 1.165) is 5.56 Å². The topological polar surface area (TPSA) is 84.6 Å². The van der Waals surface area contributed by atoms with Crippen LogP contribution in [0, 0.1) is 11.3 Å². The molecule has 0 aliphatic heterocycles. The lowest BCUT2D eigenvalue weighted by Gasteiger charge is -2.14. The van der Waals surface area contributed by atoms with Crippen molar-refractivity contribution < 1.29 is 19.3 Å². The molecule has 26 heavy (non-hydrogen) atoms. The van der Waals surface area contributed by atoms with Crippen LogP contribution in [0.15, 0.2) is 48.7 Å². The fourth-order valence-corrected chi connectivity index (χ4v) is 2.46. The van der Waals surface area contributed by atoms with Crippen LogP contribution in [-0.4, -0.2) is 30.4 Å². The Morgan fingerprint density at radius 1 is 1.08 bits per heavy atom. The standard InChI is InChI=1S/C20H18N2O4/c1-24-7-8-25-19-10-17-16(20(23)15(11-21)12-22-17)9-18(19)26-13-14-5-3-2-4-6-14/h2-6,9-10,12H,7-8,13H2,1H3,(H,22,23). The number of rotatable bonds is 7. The van der Waals surface area contributed by atoms with E-state index in [1.54, 1.807) is 19.2 Å². The van der Waals surface area contributed by atoms with E-state index < -0.39 is 0 Å². The number of aromatic hydroxyl groups is 1. The van der Waals surface area contributed by atoms with Crippen LogP contribution in [0.2, 0.25) is 0 Å². The molecule has 3 rings (SSSR count).